The monoisotopic (exact) mass is 442 g/mol. The van der Waals surface area contributed by atoms with E-state index in [0.29, 0.717) is 24.4 Å². The second kappa shape index (κ2) is 8.99. The van der Waals surface area contributed by atoms with Gasteiger partial charge in [0.2, 0.25) is 0 Å². The first kappa shape index (κ1) is 21.1. The number of aliphatic hydroxyl groups excluding tert-OH is 1. The number of aliphatic hydroxyl groups is 1. The molecule has 0 bridgehead atoms. The molecule has 1 aliphatic rings. The summed E-state index contributed by atoms with van der Waals surface area (Å²) in [5.41, 5.74) is 4.38. The SMILES string of the molecule is Cn1ccc(-c2ccc(Cc3cc(C(=O)N[C@H]4CCC[C@@H]4O)nc(-n4cccn4)c3)cc2)n1. The molecule has 3 heterocycles. The van der Waals surface area contributed by atoms with Crippen molar-refractivity contribution in [3.8, 4) is 17.1 Å². The van der Waals surface area contributed by atoms with Gasteiger partial charge >= 0.3 is 0 Å². The molecule has 1 amide bonds. The summed E-state index contributed by atoms with van der Waals surface area (Å²) in [6.45, 7) is 0. The second-order valence-electron chi connectivity index (χ2n) is 8.50. The van der Waals surface area contributed by atoms with Crippen LogP contribution in [0.25, 0.3) is 17.1 Å². The number of benzene rings is 1. The molecule has 2 atom stereocenters. The Balaban J connectivity index is 1.40. The average molecular weight is 443 g/mol. The molecule has 168 valence electrons. The van der Waals surface area contributed by atoms with Crippen molar-refractivity contribution in [3.63, 3.8) is 0 Å². The van der Waals surface area contributed by atoms with E-state index in [0.717, 1.165) is 35.2 Å². The fourth-order valence-electron chi connectivity index (χ4n) is 4.26. The molecule has 1 saturated carbocycles. The largest absolute Gasteiger partial charge is 0.391 e. The van der Waals surface area contributed by atoms with Gasteiger partial charge in [0.1, 0.15) is 5.69 Å². The molecule has 1 aromatic carbocycles. The predicted octanol–water partition coefficient (Wildman–Crippen LogP) is 2.90. The normalized spacial score (nSPS) is 17.9. The molecule has 0 aliphatic heterocycles. The number of nitrogens with one attached hydrogen (secondary N) is 1. The summed E-state index contributed by atoms with van der Waals surface area (Å²) in [5, 5.41) is 21.8. The van der Waals surface area contributed by atoms with E-state index in [-0.39, 0.29) is 11.9 Å². The van der Waals surface area contributed by atoms with E-state index in [1.807, 2.05) is 37.5 Å². The predicted molar refractivity (Wildman–Crippen MR) is 124 cm³/mol. The fourth-order valence-corrected chi connectivity index (χ4v) is 4.26. The molecule has 0 saturated heterocycles. The smallest absolute Gasteiger partial charge is 0.270 e. The third-order valence-corrected chi connectivity index (χ3v) is 6.01. The fraction of sp³-hybridized carbons (Fsp3) is 0.280. The van der Waals surface area contributed by atoms with Crippen LogP contribution < -0.4 is 5.32 Å². The Labute approximate surface area is 191 Å². The highest BCUT2D eigenvalue weighted by molar-refractivity contribution is 5.93. The van der Waals surface area contributed by atoms with Crippen LogP contribution >= 0.6 is 0 Å². The summed E-state index contributed by atoms with van der Waals surface area (Å²) in [5.74, 6) is 0.307. The van der Waals surface area contributed by atoms with Gasteiger partial charge in [0.05, 0.1) is 17.8 Å². The van der Waals surface area contributed by atoms with Crippen LogP contribution in [0.3, 0.4) is 0 Å². The Kier molecular flexibility index (Phi) is 5.75. The van der Waals surface area contributed by atoms with Crippen molar-refractivity contribution >= 4 is 5.91 Å². The lowest BCUT2D eigenvalue weighted by Crippen LogP contribution is -2.40. The van der Waals surface area contributed by atoms with Gasteiger partial charge in [-0.15, -0.1) is 0 Å². The van der Waals surface area contributed by atoms with Crippen LogP contribution in [0.2, 0.25) is 0 Å². The van der Waals surface area contributed by atoms with Crippen LogP contribution in [-0.4, -0.2) is 47.7 Å². The molecule has 0 spiro atoms. The van der Waals surface area contributed by atoms with E-state index < -0.39 is 6.10 Å². The van der Waals surface area contributed by atoms with E-state index in [9.17, 15) is 9.90 Å². The average Bonchev–Trinajstić information content (AvgIpc) is 3.58. The summed E-state index contributed by atoms with van der Waals surface area (Å²) >= 11 is 0. The first-order valence-electron chi connectivity index (χ1n) is 11.1. The van der Waals surface area contributed by atoms with E-state index in [1.165, 1.54) is 0 Å². The maximum atomic E-state index is 13.0. The summed E-state index contributed by atoms with van der Waals surface area (Å²) in [6, 6.07) is 15.6. The lowest BCUT2D eigenvalue weighted by Gasteiger charge is -2.17. The van der Waals surface area contributed by atoms with Crippen LogP contribution in [0, 0.1) is 0 Å². The van der Waals surface area contributed by atoms with E-state index in [1.54, 1.807) is 21.8 Å². The first-order chi connectivity index (χ1) is 16.0. The molecule has 33 heavy (non-hydrogen) atoms. The molecule has 0 radical (unpaired) electrons. The van der Waals surface area contributed by atoms with Crippen molar-refractivity contribution in [2.75, 3.05) is 0 Å². The molecule has 2 N–H and O–H groups in total. The molecule has 3 aromatic heterocycles. The lowest BCUT2D eigenvalue weighted by molar-refractivity contribution is 0.0868. The van der Waals surface area contributed by atoms with Gasteiger partial charge in [-0.05, 0) is 61.1 Å². The standard InChI is InChI=1S/C25H26N6O2/c1-30-13-10-20(29-30)19-8-6-17(7-9-19)14-18-15-22(25(33)28-21-4-2-5-23(21)32)27-24(16-18)31-12-3-11-26-31/h3,6-13,15-16,21,23,32H,2,4-5,14H2,1H3,(H,28,33)/t21-,23-/m0/s1. The molecule has 8 heteroatoms. The first-order valence-corrected chi connectivity index (χ1v) is 11.1. The molecule has 4 aromatic rings. The van der Waals surface area contributed by atoms with Crippen molar-refractivity contribution in [1.29, 1.82) is 0 Å². The highest BCUT2D eigenvalue weighted by Gasteiger charge is 2.27. The summed E-state index contributed by atoms with van der Waals surface area (Å²) < 4.78 is 3.43. The number of nitrogens with zero attached hydrogens (tertiary/aromatic N) is 5. The molecule has 1 aliphatic carbocycles. The van der Waals surface area contributed by atoms with E-state index in [4.69, 9.17) is 0 Å². The number of carbonyl (C=O) groups excluding carboxylic acids is 1. The number of hydrogen-bond acceptors (Lipinski definition) is 5. The molecular formula is C25H26N6O2. The van der Waals surface area contributed by atoms with Gasteiger partial charge in [0, 0.05) is 31.2 Å². The van der Waals surface area contributed by atoms with Crippen LogP contribution in [0.1, 0.15) is 40.9 Å². The van der Waals surface area contributed by atoms with Gasteiger partial charge in [0.25, 0.3) is 5.91 Å². The summed E-state index contributed by atoms with van der Waals surface area (Å²) in [6.07, 6.45) is 7.95. The van der Waals surface area contributed by atoms with Gasteiger partial charge < -0.3 is 10.4 Å². The Morgan fingerprint density at radius 2 is 1.97 bits per heavy atom. The number of hydrogen-bond donors (Lipinski definition) is 2. The van der Waals surface area contributed by atoms with E-state index in [2.05, 4.69) is 44.8 Å². The summed E-state index contributed by atoms with van der Waals surface area (Å²) in [7, 11) is 1.90. The third kappa shape index (κ3) is 4.70. The van der Waals surface area contributed by atoms with E-state index >= 15 is 0 Å². The Hall–Kier alpha value is -3.78. The molecule has 8 nitrogen and oxygen atoms in total. The van der Waals surface area contributed by atoms with Gasteiger partial charge in [0.15, 0.2) is 5.82 Å². The quantitative estimate of drug-likeness (QED) is 0.479. The van der Waals surface area contributed by atoms with Crippen molar-refractivity contribution in [2.45, 2.75) is 37.8 Å². The highest BCUT2D eigenvalue weighted by Crippen LogP contribution is 2.21. The zero-order valence-electron chi connectivity index (χ0n) is 18.4. The second-order valence-corrected chi connectivity index (χ2v) is 8.50. The number of carbonyl (C=O) groups is 1. The van der Waals surface area contributed by atoms with Gasteiger partial charge in [-0.3, -0.25) is 9.48 Å². The van der Waals surface area contributed by atoms with Crippen molar-refractivity contribution < 1.29 is 9.90 Å². The van der Waals surface area contributed by atoms with Crippen LogP contribution in [-0.2, 0) is 13.5 Å². The molecule has 0 unspecified atom stereocenters. The highest BCUT2D eigenvalue weighted by atomic mass is 16.3. The van der Waals surface area contributed by atoms with Crippen molar-refractivity contribution in [3.05, 3.63) is 83.9 Å². The Morgan fingerprint density at radius 3 is 2.64 bits per heavy atom. The number of aryl methyl sites for hydroxylation is 1. The van der Waals surface area contributed by atoms with Crippen molar-refractivity contribution in [1.82, 2.24) is 29.9 Å². The Bertz CT molecular complexity index is 1250. The topological polar surface area (TPSA) is 97.9 Å². The van der Waals surface area contributed by atoms with Crippen LogP contribution in [0.5, 0.6) is 0 Å². The molecule has 5 rings (SSSR count). The van der Waals surface area contributed by atoms with Gasteiger partial charge in [-0.25, -0.2) is 9.67 Å². The molecular weight excluding hydrogens is 416 g/mol. The minimum Gasteiger partial charge on any atom is -0.391 e. The Morgan fingerprint density at radius 1 is 1.12 bits per heavy atom. The minimum atomic E-state index is -0.500. The number of amides is 1. The maximum absolute atomic E-state index is 13.0. The number of aromatic nitrogens is 5. The van der Waals surface area contributed by atoms with Crippen LogP contribution in [0.15, 0.2) is 67.1 Å². The number of rotatable bonds is 6. The zero-order chi connectivity index (χ0) is 22.8. The number of pyridine rings is 1. The third-order valence-electron chi connectivity index (χ3n) is 6.01. The maximum Gasteiger partial charge on any atom is 0.270 e. The van der Waals surface area contributed by atoms with Gasteiger partial charge in [-0.2, -0.15) is 10.2 Å². The lowest BCUT2D eigenvalue weighted by atomic mass is 10.0. The van der Waals surface area contributed by atoms with Crippen molar-refractivity contribution in [2.24, 2.45) is 7.05 Å². The summed E-state index contributed by atoms with van der Waals surface area (Å²) in [4.78, 5) is 17.5. The van der Waals surface area contributed by atoms with Crippen LogP contribution in [0.4, 0.5) is 0 Å². The zero-order valence-corrected chi connectivity index (χ0v) is 18.4. The minimum absolute atomic E-state index is 0.227. The molecule has 1 fully saturated rings. The van der Waals surface area contributed by atoms with Gasteiger partial charge in [-0.1, -0.05) is 24.3 Å².